The number of hydrogen-bond acceptors (Lipinski definition) is 5. The van der Waals surface area contributed by atoms with E-state index in [4.69, 9.17) is 21.2 Å². The molecule has 1 atom stereocenters. The Balaban J connectivity index is 1.61. The molecule has 1 aliphatic rings. The second-order valence-electron chi connectivity index (χ2n) is 5.31. The SMILES string of the molecule is CCOCn1cc(NC(=O)C2CC(c3c(F)cccc3Cl)=NO2)cn1. The molecule has 25 heavy (non-hydrogen) atoms. The van der Waals surface area contributed by atoms with Gasteiger partial charge in [-0.3, -0.25) is 4.79 Å². The number of halogens is 2. The Labute approximate surface area is 148 Å². The number of carbonyl (C=O) groups is 1. The zero-order valence-corrected chi connectivity index (χ0v) is 14.2. The zero-order valence-electron chi connectivity index (χ0n) is 13.4. The fourth-order valence-corrected chi connectivity index (χ4v) is 2.62. The predicted octanol–water partition coefficient (Wildman–Crippen LogP) is 2.80. The van der Waals surface area contributed by atoms with Gasteiger partial charge in [0.25, 0.3) is 5.91 Å². The summed E-state index contributed by atoms with van der Waals surface area (Å²) in [6.45, 7) is 2.74. The number of rotatable bonds is 6. The number of anilines is 1. The van der Waals surface area contributed by atoms with Crippen molar-refractivity contribution in [3.05, 3.63) is 47.0 Å². The van der Waals surface area contributed by atoms with Crippen molar-refractivity contribution < 1.29 is 18.8 Å². The highest BCUT2D eigenvalue weighted by molar-refractivity contribution is 6.34. The van der Waals surface area contributed by atoms with Gasteiger partial charge < -0.3 is 14.9 Å². The summed E-state index contributed by atoms with van der Waals surface area (Å²) < 4.78 is 20.7. The number of hydrogen-bond donors (Lipinski definition) is 1. The molecule has 1 aromatic heterocycles. The molecule has 0 saturated carbocycles. The van der Waals surface area contributed by atoms with Crippen LogP contribution in [0.15, 0.2) is 35.7 Å². The molecule has 0 aliphatic carbocycles. The minimum absolute atomic E-state index is 0.125. The zero-order chi connectivity index (χ0) is 17.8. The van der Waals surface area contributed by atoms with Gasteiger partial charge in [0.15, 0.2) is 0 Å². The Bertz CT molecular complexity index is 788. The number of benzene rings is 1. The molecule has 132 valence electrons. The van der Waals surface area contributed by atoms with Crippen molar-refractivity contribution in [2.45, 2.75) is 26.2 Å². The third-order valence-electron chi connectivity index (χ3n) is 3.54. The number of aromatic nitrogens is 2. The molecule has 0 fully saturated rings. The first kappa shape index (κ1) is 17.4. The van der Waals surface area contributed by atoms with Crippen molar-refractivity contribution >= 4 is 28.9 Å². The molecule has 0 spiro atoms. The van der Waals surface area contributed by atoms with Gasteiger partial charge in [-0.05, 0) is 19.1 Å². The molecular formula is C16H16ClFN4O3. The van der Waals surface area contributed by atoms with E-state index in [1.54, 1.807) is 16.9 Å². The van der Waals surface area contributed by atoms with Crippen LogP contribution in [-0.4, -0.2) is 34.1 Å². The number of ether oxygens (including phenoxy) is 1. The third-order valence-corrected chi connectivity index (χ3v) is 3.86. The van der Waals surface area contributed by atoms with Gasteiger partial charge in [-0.25, -0.2) is 9.07 Å². The van der Waals surface area contributed by atoms with E-state index >= 15 is 0 Å². The summed E-state index contributed by atoms with van der Waals surface area (Å²) >= 11 is 6.01. The highest BCUT2D eigenvalue weighted by atomic mass is 35.5. The van der Waals surface area contributed by atoms with Crippen LogP contribution >= 0.6 is 11.6 Å². The normalized spacial score (nSPS) is 16.4. The molecule has 1 amide bonds. The Morgan fingerprint density at radius 1 is 1.56 bits per heavy atom. The molecule has 1 aliphatic heterocycles. The third kappa shape index (κ3) is 3.97. The van der Waals surface area contributed by atoms with Crippen LogP contribution in [0, 0.1) is 5.82 Å². The van der Waals surface area contributed by atoms with E-state index in [0.29, 0.717) is 24.7 Å². The van der Waals surface area contributed by atoms with Crippen molar-refractivity contribution in [1.29, 1.82) is 0 Å². The first-order valence-corrected chi connectivity index (χ1v) is 8.04. The molecule has 3 rings (SSSR count). The van der Waals surface area contributed by atoms with Crippen LogP contribution < -0.4 is 5.32 Å². The second-order valence-corrected chi connectivity index (χ2v) is 5.72. The van der Waals surface area contributed by atoms with Crippen LogP contribution in [-0.2, 0) is 21.1 Å². The Morgan fingerprint density at radius 2 is 2.40 bits per heavy atom. The molecule has 9 heteroatoms. The van der Waals surface area contributed by atoms with Crippen molar-refractivity contribution in [3.63, 3.8) is 0 Å². The summed E-state index contributed by atoms with van der Waals surface area (Å²) in [6.07, 6.45) is 2.40. The topological polar surface area (TPSA) is 77.7 Å². The van der Waals surface area contributed by atoms with Crippen LogP contribution in [0.1, 0.15) is 18.9 Å². The lowest BCUT2D eigenvalue weighted by Crippen LogP contribution is -2.28. The van der Waals surface area contributed by atoms with Gasteiger partial charge in [0, 0.05) is 13.0 Å². The van der Waals surface area contributed by atoms with E-state index in [0.717, 1.165) is 0 Å². The second kappa shape index (κ2) is 7.62. The van der Waals surface area contributed by atoms with E-state index in [1.165, 1.54) is 18.3 Å². The molecule has 0 bridgehead atoms. The predicted molar refractivity (Wildman–Crippen MR) is 89.9 cm³/mol. The fourth-order valence-electron chi connectivity index (χ4n) is 2.35. The van der Waals surface area contributed by atoms with E-state index < -0.39 is 17.8 Å². The molecule has 1 N–H and O–H groups in total. The average Bonchev–Trinajstić information content (AvgIpc) is 3.22. The average molecular weight is 367 g/mol. The van der Waals surface area contributed by atoms with Crippen molar-refractivity contribution in [2.24, 2.45) is 5.16 Å². The van der Waals surface area contributed by atoms with Gasteiger partial charge in [0.05, 0.1) is 34.4 Å². The number of nitrogens with one attached hydrogen (secondary N) is 1. The van der Waals surface area contributed by atoms with Crippen LogP contribution in [0.4, 0.5) is 10.1 Å². The Morgan fingerprint density at radius 3 is 3.16 bits per heavy atom. The smallest absolute Gasteiger partial charge is 0.268 e. The Hall–Kier alpha value is -2.45. The summed E-state index contributed by atoms with van der Waals surface area (Å²) in [5.41, 5.74) is 0.963. The van der Waals surface area contributed by atoms with E-state index in [2.05, 4.69) is 15.6 Å². The fraction of sp³-hybridized carbons (Fsp3) is 0.312. The van der Waals surface area contributed by atoms with Gasteiger partial charge in [-0.15, -0.1) is 0 Å². The molecule has 0 saturated heterocycles. The summed E-state index contributed by atoms with van der Waals surface area (Å²) in [5, 5.41) is 10.8. The molecule has 7 nitrogen and oxygen atoms in total. The van der Waals surface area contributed by atoms with E-state index in [9.17, 15) is 9.18 Å². The van der Waals surface area contributed by atoms with Gasteiger partial charge in [-0.2, -0.15) is 5.10 Å². The maximum absolute atomic E-state index is 13.9. The monoisotopic (exact) mass is 366 g/mol. The van der Waals surface area contributed by atoms with Gasteiger partial charge >= 0.3 is 0 Å². The molecular weight excluding hydrogens is 351 g/mol. The van der Waals surface area contributed by atoms with E-state index in [1.807, 2.05) is 6.92 Å². The van der Waals surface area contributed by atoms with Crippen molar-refractivity contribution in [2.75, 3.05) is 11.9 Å². The van der Waals surface area contributed by atoms with Crippen LogP contribution in [0.2, 0.25) is 5.02 Å². The number of amides is 1. The summed E-state index contributed by atoms with van der Waals surface area (Å²) in [6, 6.07) is 4.34. The highest BCUT2D eigenvalue weighted by Gasteiger charge is 2.31. The number of oxime groups is 1. The summed E-state index contributed by atoms with van der Waals surface area (Å²) in [4.78, 5) is 17.4. The molecule has 2 aromatic rings. The summed E-state index contributed by atoms with van der Waals surface area (Å²) in [7, 11) is 0. The van der Waals surface area contributed by atoms with Gasteiger partial charge in [-0.1, -0.05) is 22.8 Å². The molecule has 1 aromatic carbocycles. The van der Waals surface area contributed by atoms with Crippen molar-refractivity contribution in [3.8, 4) is 0 Å². The standard InChI is InChI=1S/C16H16ClFN4O3/c1-2-24-9-22-8-10(7-19-22)20-16(23)14-6-13(21-25-14)15-11(17)4-3-5-12(15)18/h3-5,7-8,14H,2,6,9H2,1H3,(H,20,23). The first-order valence-electron chi connectivity index (χ1n) is 7.66. The van der Waals surface area contributed by atoms with Crippen LogP contribution in [0.5, 0.6) is 0 Å². The van der Waals surface area contributed by atoms with Crippen LogP contribution in [0.3, 0.4) is 0 Å². The lowest BCUT2D eigenvalue weighted by Gasteiger charge is -2.08. The summed E-state index contributed by atoms with van der Waals surface area (Å²) in [5.74, 6) is -0.907. The van der Waals surface area contributed by atoms with Crippen molar-refractivity contribution in [1.82, 2.24) is 9.78 Å². The molecule has 0 radical (unpaired) electrons. The largest absolute Gasteiger partial charge is 0.382 e. The number of carbonyl (C=O) groups excluding carboxylic acids is 1. The van der Waals surface area contributed by atoms with Gasteiger partial charge in [0.1, 0.15) is 12.5 Å². The van der Waals surface area contributed by atoms with Crippen LogP contribution in [0.25, 0.3) is 0 Å². The minimum atomic E-state index is -0.860. The maximum atomic E-state index is 13.9. The Kier molecular flexibility index (Phi) is 5.30. The number of nitrogens with zero attached hydrogens (tertiary/aromatic N) is 3. The lowest BCUT2D eigenvalue weighted by molar-refractivity contribution is -0.125. The molecule has 1 unspecified atom stereocenters. The highest BCUT2D eigenvalue weighted by Crippen LogP contribution is 2.26. The molecule has 2 heterocycles. The first-order chi connectivity index (χ1) is 12.1. The quantitative estimate of drug-likeness (QED) is 0.852. The lowest BCUT2D eigenvalue weighted by atomic mass is 10.0. The van der Waals surface area contributed by atoms with Gasteiger partial charge in [0.2, 0.25) is 6.10 Å². The van der Waals surface area contributed by atoms with E-state index in [-0.39, 0.29) is 17.0 Å². The maximum Gasteiger partial charge on any atom is 0.268 e. The minimum Gasteiger partial charge on any atom is -0.382 e.